The first-order valence-electron chi connectivity index (χ1n) is 10.2. The molecule has 4 rings (SSSR count). The molecule has 30 heavy (non-hydrogen) atoms. The second kappa shape index (κ2) is 8.65. The molecule has 2 aliphatic heterocycles. The van der Waals surface area contributed by atoms with E-state index >= 15 is 0 Å². The van der Waals surface area contributed by atoms with E-state index in [4.69, 9.17) is 9.47 Å². The molecule has 0 bridgehead atoms. The fourth-order valence-electron chi connectivity index (χ4n) is 3.76. The zero-order valence-corrected chi connectivity index (χ0v) is 17.8. The molecule has 0 spiro atoms. The van der Waals surface area contributed by atoms with E-state index in [0.29, 0.717) is 50.6 Å². The first kappa shape index (κ1) is 20.7. The number of carbonyl (C=O) groups is 1. The predicted octanol–water partition coefficient (Wildman–Crippen LogP) is 3.20. The van der Waals surface area contributed by atoms with Crippen molar-refractivity contribution < 1.29 is 22.7 Å². The summed E-state index contributed by atoms with van der Waals surface area (Å²) < 4.78 is 38.9. The lowest BCUT2D eigenvalue weighted by molar-refractivity contribution is -0.120. The molecule has 2 aromatic carbocycles. The third-order valence-corrected chi connectivity index (χ3v) is 7.48. The molecule has 8 heteroatoms. The first-order chi connectivity index (χ1) is 14.4. The van der Waals surface area contributed by atoms with E-state index in [1.54, 1.807) is 12.1 Å². The number of benzene rings is 2. The molecule has 0 atom stereocenters. The number of piperidine rings is 1. The van der Waals surface area contributed by atoms with Crippen LogP contribution >= 0.6 is 0 Å². The van der Waals surface area contributed by atoms with Crippen LogP contribution in [0.2, 0.25) is 0 Å². The molecule has 1 saturated heterocycles. The van der Waals surface area contributed by atoms with Gasteiger partial charge in [-0.2, -0.15) is 4.31 Å². The van der Waals surface area contributed by atoms with Gasteiger partial charge in [0.1, 0.15) is 0 Å². The molecule has 0 aromatic heterocycles. The number of fused-ring (bicyclic) bond motifs is 1. The van der Waals surface area contributed by atoms with Gasteiger partial charge in [-0.15, -0.1) is 0 Å². The molecule has 2 aromatic rings. The highest BCUT2D eigenvalue weighted by Crippen LogP contribution is 2.34. The van der Waals surface area contributed by atoms with E-state index in [1.165, 1.54) is 10.4 Å². The topological polar surface area (TPSA) is 84.9 Å². The Hall–Kier alpha value is -2.58. The molecule has 0 unspecified atom stereocenters. The van der Waals surface area contributed by atoms with Crippen LogP contribution in [0.1, 0.15) is 24.8 Å². The number of nitrogens with zero attached hydrogens (tertiary/aromatic N) is 1. The van der Waals surface area contributed by atoms with Gasteiger partial charge in [0.05, 0.1) is 18.1 Å². The zero-order valence-electron chi connectivity index (χ0n) is 17.0. The standard InChI is InChI=1S/C22H26N2O5S/c1-16-5-2-3-6-19(16)23-22(25)17-9-11-24(12-10-17)30(26,27)18-7-8-20-21(15-18)29-14-4-13-28-20/h2-3,5-8,15,17H,4,9-14H2,1H3,(H,23,25). The smallest absolute Gasteiger partial charge is 0.243 e. The minimum absolute atomic E-state index is 0.0584. The highest BCUT2D eigenvalue weighted by atomic mass is 32.2. The summed E-state index contributed by atoms with van der Waals surface area (Å²) in [7, 11) is -3.66. The van der Waals surface area contributed by atoms with Crippen molar-refractivity contribution in [1.29, 1.82) is 0 Å². The van der Waals surface area contributed by atoms with Crippen molar-refractivity contribution >= 4 is 21.6 Å². The fraction of sp³-hybridized carbons (Fsp3) is 0.409. The Kier molecular flexibility index (Phi) is 5.97. The van der Waals surface area contributed by atoms with Crippen LogP contribution in [0.5, 0.6) is 11.5 Å². The van der Waals surface area contributed by atoms with Gasteiger partial charge in [-0.3, -0.25) is 4.79 Å². The van der Waals surface area contributed by atoms with Crippen molar-refractivity contribution in [2.45, 2.75) is 31.1 Å². The summed E-state index contributed by atoms with van der Waals surface area (Å²) in [5, 5.41) is 2.97. The van der Waals surface area contributed by atoms with Crippen LogP contribution in [-0.2, 0) is 14.8 Å². The molecule has 0 saturated carbocycles. The number of para-hydroxylation sites is 1. The summed E-state index contributed by atoms with van der Waals surface area (Å²) >= 11 is 0. The lowest BCUT2D eigenvalue weighted by Crippen LogP contribution is -2.41. The number of anilines is 1. The largest absolute Gasteiger partial charge is 0.490 e. The van der Waals surface area contributed by atoms with Crippen molar-refractivity contribution in [2.75, 3.05) is 31.6 Å². The number of sulfonamides is 1. The number of carbonyl (C=O) groups excluding carboxylic acids is 1. The summed E-state index contributed by atoms with van der Waals surface area (Å²) in [6, 6.07) is 12.4. The Bertz CT molecular complexity index is 1030. The van der Waals surface area contributed by atoms with Gasteiger partial charge < -0.3 is 14.8 Å². The van der Waals surface area contributed by atoms with Crippen LogP contribution in [0, 0.1) is 12.8 Å². The van der Waals surface area contributed by atoms with Gasteiger partial charge >= 0.3 is 0 Å². The third kappa shape index (κ3) is 4.29. The average Bonchev–Trinajstić information content (AvgIpc) is 3.00. The maximum Gasteiger partial charge on any atom is 0.243 e. The Morgan fingerprint density at radius 2 is 1.73 bits per heavy atom. The normalized spacial score (nSPS) is 17.9. The third-order valence-electron chi connectivity index (χ3n) is 5.58. The highest BCUT2D eigenvalue weighted by Gasteiger charge is 2.33. The summed E-state index contributed by atoms with van der Waals surface area (Å²) in [6.45, 7) is 3.61. The van der Waals surface area contributed by atoms with Gasteiger partial charge in [0.15, 0.2) is 11.5 Å². The lowest BCUT2D eigenvalue weighted by atomic mass is 9.97. The van der Waals surface area contributed by atoms with E-state index in [1.807, 2.05) is 31.2 Å². The lowest BCUT2D eigenvalue weighted by Gasteiger charge is -2.30. The summed E-state index contributed by atoms with van der Waals surface area (Å²) in [5.41, 5.74) is 1.80. The predicted molar refractivity (Wildman–Crippen MR) is 113 cm³/mol. The van der Waals surface area contributed by atoms with Gasteiger partial charge in [0, 0.05) is 37.2 Å². The number of nitrogens with one attached hydrogen (secondary N) is 1. The Balaban J connectivity index is 1.41. The van der Waals surface area contributed by atoms with Crippen LogP contribution < -0.4 is 14.8 Å². The highest BCUT2D eigenvalue weighted by molar-refractivity contribution is 7.89. The maximum atomic E-state index is 13.1. The molecule has 0 aliphatic carbocycles. The van der Waals surface area contributed by atoms with Crippen molar-refractivity contribution in [2.24, 2.45) is 5.92 Å². The fourth-order valence-corrected chi connectivity index (χ4v) is 5.25. The molecule has 1 amide bonds. The van der Waals surface area contributed by atoms with E-state index in [0.717, 1.165) is 17.7 Å². The number of hydrogen-bond donors (Lipinski definition) is 1. The van der Waals surface area contributed by atoms with Crippen molar-refractivity contribution in [3.05, 3.63) is 48.0 Å². The summed E-state index contributed by atoms with van der Waals surface area (Å²) in [4.78, 5) is 12.8. The monoisotopic (exact) mass is 430 g/mol. The van der Waals surface area contributed by atoms with Crippen molar-refractivity contribution in [3.63, 3.8) is 0 Å². The minimum atomic E-state index is -3.66. The van der Waals surface area contributed by atoms with Crippen LogP contribution in [0.15, 0.2) is 47.4 Å². The molecule has 1 fully saturated rings. The Morgan fingerprint density at radius 1 is 1.03 bits per heavy atom. The quantitative estimate of drug-likeness (QED) is 0.805. The molecular weight excluding hydrogens is 404 g/mol. The summed E-state index contributed by atoms with van der Waals surface area (Å²) in [5.74, 6) is 0.760. The van der Waals surface area contributed by atoms with Crippen LogP contribution in [0.3, 0.4) is 0 Å². The van der Waals surface area contributed by atoms with Crippen LogP contribution in [-0.4, -0.2) is 44.9 Å². The van der Waals surface area contributed by atoms with E-state index in [9.17, 15) is 13.2 Å². The molecule has 160 valence electrons. The van der Waals surface area contributed by atoms with E-state index in [2.05, 4.69) is 5.32 Å². The van der Waals surface area contributed by atoms with Crippen LogP contribution in [0.4, 0.5) is 5.69 Å². The number of amides is 1. The van der Waals surface area contributed by atoms with E-state index in [-0.39, 0.29) is 16.7 Å². The second-order valence-corrected chi connectivity index (χ2v) is 9.58. The van der Waals surface area contributed by atoms with Gasteiger partial charge in [0.2, 0.25) is 15.9 Å². The number of hydrogen-bond acceptors (Lipinski definition) is 5. The SMILES string of the molecule is Cc1ccccc1NC(=O)C1CCN(S(=O)(=O)c2ccc3c(c2)OCCCO3)CC1. The average molecular weight is 431 g/mol. The second-order valence-electron chi connectivity index (χ2n) is 7.64. The van der Waals surface area contributed by atoms with Crippen molar-refractivity contribution in [1.82, 2.24) is 4.31 Å². The van der Waals surface area contributed by atoms with Gasteiger partial charge in [-0.1, -0.05) is 18.2 Å². The molecule has 7 nitrogen and oxygen atoms in total. The molecule has 0 radical (unpaired) electrons. The summed E-state index contributed by atoms with van der Waals surface area (Å²) in [6.07, 6.45) is 1.73. The van der Waals surface area contributed by atoms with Gasteiger partial charge in [-0.25, -0.2) is 8.42 Å². The Labute approximate surface area is 177 Å². The molecule has 2 aliphatic rings. The van der Waals surface area contributed by atoms with Gasteiger partial charge in [-0.05, 0) is 43.5 Å². The molecule has 2 heterocycles. The maximum absolute atomic E-state index is 13.1. The number of rotatable bonds is 4. The molecule has 1 N–H and O–H groups in total. The number of ether oxygens (including phenoxy) is 2. The van der Waals surface area contributed by atoms with Gasteiger partial charge in [0.25, 0.3) is 0 Å². The minimum Gasteiger partial charge on any atom is -0.490 e. The van der Waals surface area contributed by atoms with Crippen molar-refractivity contribution in [3.8, 4) is 11.5 Å². The van der Waals surface area contributed by atoms with E-state index < -0.39 is 10.0 Å². The zero-order chi connectivity index (χ0) is 21.1. The van der Waals surface area contributed by atoms with Crippen LogP contribution in [0.25, 0.3) is 0 Å². The first-order valence-corrected chi connectivity index (χ1v) is 11.7. The molecular formula is C22H26N2O5S. The Morgan fingerprint density at radius 3 is 2.47 bits per heavy atom. The number of aryl methyl sites for hydroxylation is 1.